The molecule has 0 aliphatic rings. The van der Waals surface area contributed by atoms with E-state index in [9.17, 15) is 4.79 Å². The van der Waals surface area contributed by atoms with Gasteiger partial charge in [-0.1, -0.05) is 37.6 Å². The number of hydrogen-bond acceptors (Lipinski definition) is 2. The molecule has 0 saturated heterocycles. The zero-order chi connectivity index (χ0) is 13.4. The Kier molecular flexibility index (Phi) is 5.58. The molecule has 1 amide bonds. The van der Waals surface area contributed by atoms with Crippen LogP contribution in [-0.4, -0.2) is 10.9 Å². The zero-order valence-electron chi connectivity index (χ0n) is 11.0. The fourth-order valence-electron chi connectivity index (χ4n) is 1.33. The lowest BCUT2D eigenvalue weighted by Crippen LogP contribution is -2.13. The predicted octanol–water partition coefficient (Wildman–Crippen LogP) is 3.67. The Hall–Kier alpha value is -2.16. The number of nitrogens with zero attached hydrogens (tertiary/aromatic N) is 1. The van der Waals surface area contributed by atoms with Gasteiger partial charge in [0, 0.05) is 11.9 Å². The van der Waals surface area contributed by atoms with E-state index in [2.05, 4.69) is 10.3 Å². The highest BCUT2D eigenvalue weighted by molar-refractivity contribution is 6.02. The summed E-state index contributed by atoms with van der Waals surface area (Å²) in [5.74, 6) is -0.190. The molecule has 0 aliphatic carbocycles. The molecule has 1 aromatic carbocycles. The van der Waals surface area contributed by atoms with Gasteiger partial charge >= 0.3 is 0 Å². The van der Waals surface area contributed by atoms with E-state index in [0.29, 0.717) is 5.69 Å². The van der Waals surface area contributed by atoms with E-state index in [4.69, 9.17) is 0 Å². The maximum Gasteiger partial charge on any atom is 0.274 e. The van der Waals surface area contributed by atoms with Crippen LogP contribution in [0.3, 0.4) is 0 Å². The first-order chi connectivity index (χ1) is 8.75. The van der Waals surface area contributed by atoms with Crippen LogP contribution in [0, 0.1) is 6.92 Å². The SMILES string of the molecule is CC.Cc1ccc(NC(=O)c2ccccn2)cc1. The average molecular weight is 242 g/mol. The molecule has 2 rings (SSSR count). The van der Waals surface area contributed by atoms with Crippen LogP contribution in [0.15, 0.2) is 48.7 Å². The molecule has 1 N–H and O–H groups in total. The van der Waals surface area contributed by atoms with Crippen molar-refractivity contribution in [3.05, 3.63) is 59.9 Å². The number of anilines is 1. The van der Waals surface area contributed by atoms with Crippen molar-refractivity contribution >= 4 is 11.6 Å². The molecule has 2 aromatic rings. The summed E-state index contributed by atoms with van der Waals surface area (Å²) in [4.78, 5) is 15.7. The van der Waals surface area contributed by atoms with Gasteiger partial charge in [0.05, 0.1) is 0 Å². The Morgan fingerprint density at radius 2 is 1.72 bits per heavy atom. The molecule has 0 radical (unpaired) electrons. The first kappa shape index (κ1) is 13.9. The lowest BCUT2D eigenvalue weighted by atomic mass is 10.2. The van der Waals surface area contributed by atoms with Crippen molar-refractivity contribution < 1.29 is 4.79 Å². The predicted molar refractivity (Wildman–Crippen MR) is 74.7 cm³/mol. The van der Waals surface area contributed by atoms with Crippen molar-refractivity contribution in [1.29, 1.82) is 0 Å². The molecule has 94 valence electrons. The molecule has 0 atom stereocenters. The first-order valence-corrected chi connectivity index (χ1v) is 6.05. The van der Waals surface area contributed by atoms with Gasteiger partial charge in [-0.25, -0.2) is 0 Å². The third-order valence-electron chi connectivity index (χ3n) is 2.21. The largest absolute Gasteiger partial charge is 0.321 e. The van der Waals surface area contributed by atoms with Crippen molar-refractivity contribution in [1.82, 2.24) is 4.98 Å². The molecule has 0 bridgehead atoms. The maximum atomic E-state index is 11.7. The molecular formula is C15H18N2O. The molecule has 0 aliphatic heterocycles. The fraction of sp³-hybridized carbons (Fsp3) is 0.200. The van der Waals surface area contributed by atoms with Crippen LogP contribution in [0.25, 0.3) is 0 Å². The number of hydrogen-bond donors (Lipinski definition) is 1. The number of carbonyl (C=O) groups excluding carboxylic acids is 1. The molecular weight excluding hydrogens is 224 g/mol. The summed E-state index contributed by atoms with van der Waals surface area (Å²) < 4.78 is 0. The van der Waals surface area contributed by atoms with Crippen molar-refractivity contribution in [3.8, 4) is 0 Å². The number of pyridine rings is 1. The van der Waals surface area contributed by atoms with Gasteiger partial charge in [0.15, 0.2) is 0 Å². The molecule has 18 heavy (non-hydrogen) atoms. The van der Waals surface area contributed by atoms with E-state index >= 15 is 0 Å². The maximum absolute atomic E-state index is 11.7. The Labute approximate surface area is 108 Å². The van der Waals surface area contributed by atoms with Crippen molar-refractivity contribution in [3.63, 3.8) is 0 Å². The molecule has 1 aromatic heterocycles. The van der Waals surface area contributed by atoms with Gasteiger partial charge in [-0.05, 0) is 31.2 Å². The summed E-state index contributed by atoms with van der Waals surface area (Å²) in [6.45, 7) is 6.00. The Bertz CT molecular complexity index is 478. The van der Waals surface area contributed by atoms with E-state index in [0.717, 1.165) is 11.3 Å². The minimum absolute atomic E-state index is 0.190. The molecule has 1 heterocycles. The number of amides is 1. The van der Waals surface area contributed by atoms with Gasteiger partial charge in [-0.3, -0.25) is 9.78 Å². The number of aryl methyl sites for hydroxylation is 1. The average Bonchev–Trinajstić information content (AvgIpc) is 2.44. The molecule has 0 saturated carbocycles. The molecule has 3 nitrogen and oxygen atoms in total. The van der Waals surface area contributed by atoms with E-state index in [1.165, 1.54) is 0 Å². The van der Waals surface area contributed by atoms with Gasteiger partial charge in [-0.15, -0.1) is 0 Å². The van der Waals surface area contributed by atoms with Crippen LogP contribution in [-0.2, 0) is 0 Å². The number of rotatable bonds is 2. The monoisotopic (exact) mass is 242 g/mol. The Morgan fingerprint density at radius 3 is 2.28 bits per heavy atom. The van der Waals surface area contributed by atoms with Crippen molar-refractivity contribution in [2.75, 3.05) is 5.32 Å². The second kappa shape index (κ2) is 7.22. The summed E-state index contributed by atoms with van der Waals surface area (Å²) >= 11 is 0. The van der Waals surface area contributed by atoms with E-state index in [-0.39, 0.29) is 5.91 Å². The third-order valence-corrected chi connectivity index (χ3v) is 2.21. The van der Waals surface area contributed by atoms with Gasteiger partial charge in [-0.2, -0.15) is 0 Å². The number of nitrogens with one attached hydrogen (secondary N) is 1. The smallest absolute Gasteiger partial charge is 0.274 e. The highest BCUT2D eigenvalue weighted by atomic mass is 16.1. The highest BCUT2D eigenvalue weighted by Crippen LogP contribution is 2.09. The minimum atomic E-state index is -0.190. The summed E-state index contributed by atoms with van der Waals surface area (Å²) in [7, 11) is 0. The zero-order valence-corrected chi connectivity index (χ0v) is 11.0. The van der Waals surface area contributed by atoms with E-state index in [1.807, 2.05) is 45.0 Å². The quantitative estimate of drug-likeness (QED) is 0.873. The number of aromatic nitrogens is 1. The van der Waals surface area contributed by atoms with Crippen LogP contribution < -0.4 is 5.32 Å². The van der Waals surface area contributed by atoms with Crippen LogP contribution in [0.4, 0.5) is 5.69 Å². The second-order valence-corrected chi connectivity index (χ2v) is 3.54. The minimum Gasteiger partial charge on any atom is -0.321 e. The van der Waals surface area contributed by atoms with E-state index < -0.39 is 0 Å². The highest BCUT2D eigenvalue weighted by Gasteiger charge is 2.05. The second-order valence-electron chi connectivity index (χ2n) is 3.54. The molecule has 0 unspecified atom stereocenters. The summed E-state index contributed by atoms with van der Waals surface area (Å²) in [6.07, 6.45) is 1.60. The van der Waals surface area contributed by atoms with Crippen molar-refractivity contribution in [2.24, 2.45) is 0 Å². The lowest BCUT2D eigenvalue weighted by molar-refractivity contribution is 0.102. The van der Waals surface area contributed by atoms with Crippen LogP contribution >= 0.6 is 0 Å². The first-order valence-electron chi connectivity index (χ1n) is 6.05. The number of carbonyl (C=O) groups is 1. The summed E-state index contributed by atoms with van der Waals surface area (Å²) in [6, 6.07) is 12.9. The topological polar surface area (TPSA) is 42.0 Å². The summed E-state index contributed by atoms with van der Waals surface area (Å²) in [5.41, 5.74) is 2.36. The molecule has 0 spiro atoms. The normalized spacial score (nSPS) is 9.06. The Morgan fingerprint density at radius 1 is 1.06 bits per heavy atom. The van der Waals surface area contributed by atoms with Crippen LogP contribution in [0.5, 0.6) is 0 Å². The van der Waals surface area contributed by atoms with Gasteiger partial charge in [0.2, 0.25) is 0 Å². The van der Waals surface area contributed by atoms with Gasteiger partial charge in [0.25, 0.3) is 5.91 Å². The fourth-order valence-corrected chi connectivity index (χ4v) is 1.33. The third kappa shape index (κ3) is 4.01. The van der Waals surface area contributed by atoms with E-state index in [1.54, 1.807) is 24.4 Å². The van der Waals surface area contributed by atoms with Gasteiger partial charge < -0.3 is 5.32 Å². The Balaban J connectivity index is 0.000000771. The standard InChI is InChI=1S/C13H12N2O.C2H6/c1-10-5-7-11(8-6-10)15-13(16)12-4-2-3-9-14-12;1-2/h2-9H,1H3,(H,15,16);1-2H3. The molecule has 0 fully saturated rings. The summed E-state index contributed by atoms with van der Waals surface area (Å²) in [5, 5.41) is 2.78. The van der Waals surface area contributed by atoms with Gasteiger partial charge in [0.1, 0.15) is 5.69 Å². The van der Waals surface area contributed by atoms with Crippen molar-refractivity contribution in [2.45, 2.75) is 20.8 Å². The molecule has 3 heteroatoms. The lowest BCUT2D eigenvalue weighted by Gasteiger charge is -2.04. The van der Waals surface area contributed by atoms with Crippen LogP contribution in [0.2, 0.25) is 0 Å². The number of benzene rings is 1. The van der Waals surface area contributed by atoms with Crippen LogP contribution in [0.1, 0.15) is 29.9 Å².